The summed E-state index contributed by atoms with van der Waals surface area (Å²) in [6, 6.07) is 4.92. The molecule has 0 nitrogen and oxygen atoms in total. The van der Waals surface area contributed by atoms with Gasteiger partial charge in [0.05, 0.1) is 0 Å². The number of hydrogen-bond donors (Lipinski definition) is 0. The third-order valence-electron chi connectivity index (χ3n) is 5.17. The van der Waals surface area contributed by atoms with E-state index >= 15 is 0 Å². The summed E-state index contributed by atoms with van der Waals surface area (Å²) in [5.41, 5.74) is 6.30. The second-order valence-corrected chi connectivity index (χ2v) is 7.53. The lowest BCUT2D eigenvalue weighted by Crippen LogP contribution is -2.12. The first-order valence-electron chi connectivity index (χ1n) is 8.99. The normalized spacial score (nSPS) is 18.5. The average Bonchev–Trinajstić information content (AvgIpc) is 2.81. The lowest BCUT2D eigenvalue weighted by Gasteiger charge is -2.26. The van der Waals surface area contributed by atoms with Gasteiger partial charge >= 0.3 is 0 Å². The van der Waals surface area contributed by atoms with Crippen LogP contribution in [0.4, 0.5) is 0 Å². The zero-order valence-electron chi connectivity index (χ0n) is 14.1. The third kappa shape index (κ3) is 4.12. The van der Waals surface area contributed by atoms with Gasteiger partial charge < -0.3 is 0 Å². The molecule has 0 amide bonds. The third-order valence-corrected chi connectivity index (χ3v) is 6.38. The van der Waals surface area contributed by atoms with Crippen LogP contribution in [0.15, 0.2) is 12.1 Å². The molecule has 1 aromatic rings. The fourth-order valence-corrected chi connectivity index (χ4v) is 4.95. The molecule has 1 unspecified atom stereocenters. The maximum absolute atomic E-state index is 4.11. The van der Waals surface area contributed by atoms with Crippen molar-refractivity contribution in [2.24, 2.45) is 5.92 Å². The number of aryl methyl sites for hydroxylation is 3. The van der Waals surface area contributed by atoms with Gasteiger partial charge in [0.15, 0.2) is 0 Å². The monoisotopic (exact) mass is 350 g/mol. The molecule has 0 bridgehead atoms. The van der Waals surface area contributed by atoms with Crippen LogP contribution in [-0.2, 0) is 19.3 Å². The van der Waals surface area contributed by atoms with Gasteiger partial charge in [-0.25, -0.2) is 0 Å². The van der Waals surface area contributed by atoms with Crippen molar-refractivity contribution >= 4 is 15.9 Å². The second-order valence-electron chi connectivity index (χ2n) is 6.54. The maximum Gasteiger partial charge on any atom is 0.0428 e. The summed E-state index contributed by atoms with van der Waals surface area (Å²) in [6.45, 7) is 6.89. The van der Waals surface area contributed by atoms with Gasteiger partial charge in [-0.1, -0.05) is 74.5 Å². The highest BCUT2D eigenvalue weighted by molar-refractivity contribution is 9.09. The molecule has 0 radical (unpaired) electrons. The van der Waals surface area contributed by atoms with Crippen LogP contribution in [0.1, 0.15) is 86.4 Å². The van der Waals surface area contributed by atoms with Crippen LogP contribution in [0.2, 0.25) is 0 Å². The summed E-state index contributed by atoms with van der Waals surface area (Å²) >= 11 is 4.11. The summed E-state index contributed by atoms with van der Waals surface area (Å²) < 4.78 is 0. The first-order chi connectivity index (χ1) is 10.2. The van der Waals surface area contributed by atoms with E-state index in [1.165, 1.54) is 44.1 Å². The van der Waals surface area contributed by atoms with Crippen LogP contribution in [0.25, 0.3) is 0 Å². The van der Waals surface area contributed by atoms with Crippen molar-refractivity contribution in [3.8, 4) is 0 Å². The van der Waals surface area contributed by atoms with Gasteiger partial charge in [-0.2, -0.15) is 0 Å². The molecular formula is C20H31Br. The van der Waals surface area contributed by atoms with Gasteiger partial charge in [-0.05, 0) is 60.3 Å². The van der Waals surface area contributed by atoms with E-state index in [0.717, 1.165) is 25.2 Å². The Morgan fingerprint density at radius 2 is 1.43 bits per heavy atom. The molecule has 0 spiro atoms. The largest absolute Gasteiger partial charge is 0.0836 e. The quantitative estimate of drug-likeness (QED) is 0.405. The molecule has 1 aliphatic carbocycles. The van der Waals surface area contributed by atoms with Crippen LogP contribution in [0, 0.1) is 5.92 Å². The molecule has 0 aliphatic heterocycles. The molecule has 1 heteroatoms. The van der Waals surface area contributed by atoms with Crippen LogP contribution >= 0.6 is 15.9 Å². The number of hydrogen-bond acceptors (Lipinski definition) is 0. The minimum absolute atomic E-state index is 0.561. The fraction of sp³-hybridized carbons (Fsp3) is 0.700. The van der Waals surface area contributed by atoms with Gasteiger partial charge in [0.25, 0.3) is 0 Å². The van der Waals surface area contributed by atoms with Gasteiger partial charge in [0.2, 0.25) is 0 Å². The van der Waals surface area contributed by atoms with Gasteiger partial charge in [-0.3, -0.25) is 0 Å². The highest BCUT2D eigenvalue weighted by atomic mass is 79.9. The van der Waals surface area contributed by atoms with E-state index in [-0.39, 0.29) is 0 Å². The second kappa shape index (κ2) is 8.36. The molecule has 21 heavy (non-hydrogen) atoms. The zero-order chi connectivity index (χ0) is 15.2. The van der Waals surface area contributed by atoms with Gasteiger partial charge in [0, 0.05) is 4.83 Å². The van der Waals surface area contributed by atoms with E-state index in [4.69, 9.17) is 0 Å². The minimum Gasteiger partial charge on any atom is -0.0836 e. The number of benzene rings is 1. The Morgan fingerprint density at radius 1 is 0.905 bits per heavy atom. The van der Waals surface area contributed by atoms with Crippen molar-refractivity contribution in [1.29, 1.82) is 0 Å². The molecular weight excluding hydrogens is 320 g/mol. The zero-order valence-corrected chi connectivity index (χ0v) is 15.6. The van der Waals surface area contributed by atoms with Gasteiger partial charge in [0.1, 0.15) is 0 Å². The minimum atomic E-state index is 0.561. The predicted octanol–water partition coefficient (Wildman–Crippen LogP) is 6.78. The van der Waals surface area contributed by atoms with E-state index < -0.39 is 0 Å². The van der Waals surface area contributed by atoms with E-state index in [1.807, 2.05) is 0 Å². The van der Waals surface area contributed by atoms with Gasteiger partial charge in [-0.15, -0.1) is 0 Å². The summed E-state index contributed by atoms with van der Waals surface area (Å²) in [4.78, 5) is 0.561. The number of alkyl halides is 1. The predicted molar refractivity (Wildman–Crippen MR) is 97.4 cm³/mol. The molecule has 1 aromatic carbocycles. The number of rotatable bonds is 5. The average molecular weight is 351 g/mol. The molecule has 1 fully saturated rings. The summed E-state index contributed by atoms with van der Waals surface area (Å²) in [5.74, 6) is 0.829. The van der Waals surface area contributed by atoms with E-state index in [9.17, 15) is 0 Å². The highest BCUT2D eigenvalue weighted by Crippen LogP contribution is 2.42. The van der Waals surface area contributed by atoms with Crippen molar-refractivity contribution in [1.82, 2.24) is 0 Å². The molecule has 1 aliphatic rings. The molecule has 118 valence electrons. The van der Waals surface area contributed by atoms with Crippen LogP contribution in [0.3, 0.4) is 0 Å². The van der Waals surface area contributed by atoms with Crippen LogP contribution in [0.5, 0.6) is 0 Å². The molecule has 1 saturated carbocycles. The molecule has 2 rings (SSSR count). The summed E-state index contributed by atoms with van der Waals surface area (Å²) in [6.07, 6.45) is 12.0. The summed E-state index contributed by atoms with van der Waals surface area (Å²) in [7, 11) is 0. The van der Waals surface area contributed by atoms with Crippen LogP contribution in [-0.4, -0.2) is 0 Å². The van der Waals surface area contributed by atoms with E-state index in [2.05, 4.69) is 48.8 Å². The lowest BCUT2D eigenvalue weighted by molar-refractivity contribution is 0.452. The first-order valence-corrected chi connectivity index (χ1v) is 9.91. The molecule has 0 aromatic heterocycles. The Balaban J connectivity index is 2.35. The van der Waals surface area contributed by atoms with E-state index in [0.29, 0.717) is 4.83 Å². The standard InChI is InChI=1S/C20H31Br/c1-4-15-13-16(5-2)19(17(6-3)14-15)20(21)18-11-9-7-8-10-12-18/h13-14,18,20H,4-12H2,1-3H3. The Bertz CT molecular complexity index is 416. The highest BCUT2D eigenvalue weighted by Gasteiger charge is 2.25. The SMILES string of the molecule is CCc1cc(CC)c(C(Br)C2CCCCCC2)c(CC)c1. The molecule has 0 saturated heterocycles. The molecule has 0 N–H and O–H groups in total. The van der Waals surface area contributed by atoms with Crippen LogP contribution < -0.4 is 0 Å². The Labute approximate surface area is 139 Å². The lowest BCUT2D eigenvalue weighted by atomic mass is 9.85. The first kappa shape index (κ1) is 17.1. The Kier molecular flexibility index (Phi) is 6.79. The van der Waals surface area contributed by atoms with Crippen molar-refractivity contribution < 1.29 is 0 Å². The Morgan fingerprint density at radius 3 is 1.86 bits per heavy atom. The Hall–Kier alpha value is -0.300. The number of halogens is 1. The maximum atomic E-state index is 4.11. The van der Waals surface area contributed by atoms with Crippen molar-refractivity contribution in [2.45, 2.75) is 83.4 Å². The van der Waals surface area contributed by atoms with Crippen molar-refractivity contribution in [3.05, 3.63) is 34.4 Å². The smallest absolute Gasteiger partial charge is 0.0428 e. The van der Waals surface area contributed by atoms with E-state index in [1.54, 1.807) is 16.7 Å². The summed E-state index contributed by atoms with van der Waals surface area (Å²) in [5, 5.41) is 0. The topological polar surface area (TPSA) is 0 Å². The molecule has 0 heterocycles. The molecule has 1 atom stereocenters. The van der Waals surface area contributed by atoms with Crippen molar-refractivity contribution in [3.63, 3.8) is 0 Å². The van der Waals surface area contributed by atoms with Crippen molar-refractivity contribution in [2.75, 3.05) is 0 Å². The fourth-order valence-electron chi connectivity index (χ4n) is 3.83.